The zero-order valence-electron chi connectivity index (χ0n) is 31.0. The predicted octanol–water partition coefficient (Wildman–Crippen LogP) is 8.49. The zero-order chi connectivity index (χ0) is 35.3. The Morgan fingerprint density at radius 3 is 1.31 bits per heavy atom. The van der Waals surface area contributed by atoms with Gasteiger partial charge in [0, 0.05) is 42.5 Å². The smallest absolute Gasteiger partial charge is 0.321 e. The highest BCUT2D eigenvalue weighted by Gasteiger charge is 2.49. The van der Waals surface area contributed by atoms with Gasteiger partial charge in [0.15, 0.2) is 0 Å². The van der Waals surface area contributed by atoms with Crippen LogP contribution in [0.25, 0.3) is 0 Å². The average molecular weight is 695 g/mol. The van der Waals surface area contributed by atoms with Crippen LogP contribution in [-0.2, 0) is 31.8 Å². The molecule has 0 bridgehead atoms. The van der Waals surface area contributed by atoms with Crippen molar-refractivity contribution in [2.75, 3.05) is 39.9 Å². The monoisotopic (exact) mass is 694 g/mol. The van der Waals surface area contributed by atoms with Crippen molar-refractivity contribution in [1.82, 2.24) is 9.80 Å². The molecule has 0 saturated carbocycles. The fraction of sp³-hybridized carbons (Fsp3) is 0.564. The molecular formula is C39H62N2O5Si2. The Kier molecular flexibility index (Phi) is 15.8. The third kappa shape index (κ3) is 13.8. The molecule has 7 nitrogen and oxygen atoms in total. The highest BCUT2D eigenvalue weighted by Crippen LogP contribution is 2.32. The van der Waals surface area contributed by atoms with Crippen LogP contribution >= 0.6 is 0 Å². The average Bonchev–Trinajstić information content (AvgIpc) is 3.07. The van der Waals surface area contributed by atoms with E-state index in [1.54, 1.807) is 0 Å². The summed E-state index contributed by atoms with van der Waals surface area (Å²) in [6.45, 7) is 28.8. The quantitative estimate of drug-likeness (QED) is 0.0602. The lowest BCUT2D eigenvalue weighted by molar-refractivity contribution is -0.187. The first-order valence-corrected chi connectivity index (χ1v) is 24.9. The molecule has 1 aliphatic rings. The second-order valence-electron chi connectivity index (χ2n) is 15.9. The third-order valence-corrected chi connectivity index (χ3v) is 11.9. The first-order valence-electron chi connectivity index (χ1n) is 17.5. The van der Waals surface area contributed by atoms with E-state index in [9.17, 15) is 4.79 Å². The minimum absolute atomic E-state index is 0.0677. The van der Waals surface area contributed by atoms with Gasteiger partial charge in [-0.25, -0.2) is 4.79 Å². The maximum atomic E-state index is 14.9. The molecule has 0 aliphatic carbocycles. The van der Waals surface area contributed by atoms with Crippen molar-refractivity contribution in [3.63, 3.8) is 0 Å². The van der Waals surface area contributed by atoms with E-state index in [2.05, 4.69) is 76.7 Å². The highest BCUT2D eigenvalue weighted by molar-refractivity contribution is 6.76. The second-order valence-corrected chi connectivity index (χ2v) is 27.1. The molecule has 0 unspecified atom stereocenters. The molecule has 266 valence electrons. The van der Waals surface area contributed by atoms with E-state index < -0.39 is 28.4 Å². The second kappa shape index (κ2) is 19.0. The minimum Gasteiger partial charge on any atom is -0.356 e. The zero-order valence-corrected chi connectivity index (χ0v) is 33.0. The maximum Gasteiger partial charge on any atom is 0.321 e. The van der Waals surface area contributed by atoms with Crippen molar-refractivity contribution in [2.45, 2.75) is 102 Å². The van der Waals surface area contributed by atoms with Crippen molar-refractivity contribution >= 4 is 22.2 Å². The van der Waals surface area contributed by atoms with Crippen molar-refractivity contribution in [1.29, 1.82) is 0 Å². The number of rotatable bonds is 20. The molecule has 0 radical (unpaired) electrons. The predicted molar refractivity (Wildman–Crippen MR) is 204 cm³/mol. The fourth-order valence-corrected chi connectivity index (χ4v) is 7.41. The Hall–Kier alpha value is -2.54. The van der Waals surface area contributed by atoms with Crippen LogP contribution in [0.2, 0.25) is 51.4 Å². The molecule has 2 amide bonds. The largest absolute Gasteiger partial charge is 0.356 e. The fourth-order valence-electron chi connectivity index (χ4n) is 5.90. The molecule has 0 aromatic heterocycles. The molecule has 48 heavy (non-hydrogen) atoms. The molecule has 1 fully saturated rings. The Bertz CT molecular complexity index is 1180. The molecule has 4 atom stereocenters. The lowest BCUT2D eigenvalue weighted by Gasteiger charge is -2.38. The van der Waals surface area contributed by atoms with Crippen molar-refractivity contribution < 1.29 is 23.7 Å². The van der Waals surface area contributed by atoms with Crippen molar-refractivity contribution in [2.24, 2.45) is 0 Å². The number of urea groups is 1. The summed E-state index contributed by atoms with van der Waals surface area (Å²) in [7, 11) is -2.57. The van der Waals surface area contributed by atoms with E-state index in [1.807, 2.05) is 60.0 Å². The van der Waals surface area contributed by atoms with Gasteiger partial charge in [-0.2, -0.15) is 0 Å². The van der Waals surface area contributed by atoms with Gasteiger partial charge in [-0.15, -0.1) is 0 Å². The Labute approximate surface area is 293 Å². The Morgan fingerprint density at radius 1 is 0.646 bits per heavy atom. The van der Waals surface area contributed by atoms with E-state index in [0.717, 1.165) is 34.4 Å². The number of hydrogen-bond acceptors (Lipinski definition) is 5. The molecule has 2 aromatic rings. The molecular weight excluding hydrogens is 633 g/mol. The van der Waals surface area contributed by atoms with Crippen LogP contribution in [0.15, 0.2) is 85.0 Å². The number of carbonyl (C=O) groups is 1. The highest BCUT2D eigenvalue weighted by atomic mass is 28.3. The van der Waals surface area contributed by atoms with Gasteiger partial charge in [-0.3, -0.25) is 0 Å². The summed E-state index contributed by atoms with van der Waals surface area (Å²) >= 11 is 0. The molecule has 3 rings (SSSR count). The van der Waals surface area contributed by atoms with Gasteiger partial charge in [0.25, 0.3) is 0 Å². The van der Waals surface area contributed by atoms with Gasteiger partial charge in [-0.05, 0) is 49.9 Å². The normalized spacial score (nSPS) is 20.5. The summed E-state index contributed by atoms with van der Waals surface area (Å²) < 4.78 is 25.9. The number of ether oxygens (including phenoxy) is 4. The molecule has 9 heteroatoms. The topological polar surface area (TPSA) is 60.5 Å². The Morgan fingerprint density at radius 2 is 1.00 bits per heavy atom. The lowest BCUT2D eigenvalue weighted by atomic mass is 9.90. The van der Waals surface area contributed by atoms with Crippen molar-refractivity contribution in [3.05, 3.63) is 96.1 Å². The van der Waals surface area contributed by atoms with Gasteiger partial charge in [0.05, 0.1) is 12.1 Å². The maximum absolute atomic E-state index is 14.9. The molecule has 2 aromatic carbocycles. The van der Waals surface area contributed by atoms with Crippen LogP contribution in [0.1, 0.15) is 25.0 Å². The summed E-state index contributed by atoms with van der Waals surface area (Å²) in [6.07, 6.45) is 0.165. The van der Waals surface area contributed by atoms with Crippen LogP contribution in [-0.4, -0.2) is 96.2 Å². The minimum atomic E-state index is -1.29. The van der Waals surface area contributed by atoms with E-state index in [0.29, 0.717) is 39.1 Å². The standard InChI is InChI=1S/C39H62N2O5Si2/c1-31(2)27-40-35(25-33-17-13-11-14-18-33)37(45-29-43-21-23-47(5,6)7)38(46-30-44-22-24-48(8,9)10)36(26-34-19-15-12-16-20-34)41(39(40)42)28-32(3)4/h11-20,35-38H,1,3,21-30H2,2,4-10H3/t35-,36-,37+,38+/m1/s1. The number of hydrogen-bond donors (Lipinski definition) is 0. The SMILES string of the molecule is C=C(C)CN1C(=O)N(CC(=C)C)[C@H](Cc2ccccc2)[C@H](OCOCC[Si](C)(C)C)[C@@H](OCOCC[Si](C)(C)C)[C@H]1Cc1ccccc1. The van der Waals surface area contributed by atoms with Crippen LogP contribution < -0.4 is 0 Å². The van der Waals surface area contributed by atoms with E-state index >= 15 is 0 Å². The third-order valence-electron chi connectivity index (χ3n) is 8.51. The summed E-state index contributed by atoms with van der Waals surface area (Å²) in [6, 6.07) is 22.0. The summed E-state index contributed by atoms with van der Waals surface area (Å²) in [4.78, 5) is 18.8. The first-order chi connectivity index (χ1) is 22.6. The molecule has 1 heterocycles. The lowest BCUT2D eigenvalue weighted by Crippen LogP contribution is -2.53. The molecule has 0 N–H and O–H groups in total. The summed E-state index contributed by atoms with van der Waals surface area (Å²) in [5.74, 6) is 0. The van der Waals surface area contributed by atoms with Gasteiger partial charge in [0.1, 0.15) is 25.8 Å². The number of carbonyl (C=O) groups excluding carboxylic acids is 1. The van der Waals surface area contributed by atoms with Crippen LogP contribution in [0.5, 0.6) is 0 Å². The van der Waals surface area contributed by atoms with E-state index in [4.69, 9.17) is 18.9 Å². The summed E-state index contributed by atoms with van der Waals surface area (Å²) in [5.41, 5.74) is 4.03. The number of nitrogens with zero attached hydrogens (tertiary/aromatic N) is 2. The van der Waals surface area contributed by atoms with E-state index in [1.165, 1.54) is 0 Å². The van der Waals surface area contributed by atoms with E-state index in [-0.39, 0.29) is 31.7 Å². The molecule has 0 spiro atoms. The first kappa shape index (κ1) is 39.9. The van der Waals surface area contributed by atoms with Crippen LogP contribution in [0.4, 0.5) is 4.79 Å². The van der Waals surface area contributed by atoms with Crippen LogP contribution in [0, 0.1) is 0 Å². The van der Waals surface area contributed by atoms with Crippen molar-refractivity contribution in [3.8, 4) is 0 Å². The number of benzene rings is 2. The molecule has 1 aliphatic heterocycles. The van der Waals surface area contributed by atoms with Crippen LogP contribution in [0.3, 0.4) is 0 Å². The summed E-state index contributed by atoms with van der Waals surface area (Å²) in [5, 5.41) is 0. The molecule has 1 saturated heterocycles. The van der Waals surface area contributed by atoms with Gasteiger partial charge >= 0.3 is 6.03 Å². The van der Waals surface area contributed by atoms with Gasteiger partial charge < -0.3 is 28.7 Å². The van der Waals surface area contributed by atoms with Gasteiger partial charge in [0.2, 0.25) is 0 Å². The number of amides is 2. The van der Waals surface area contributed by atoms with Gasteiger partial charge in [-0.1, -0.05) is 124 Å². The Balaban J connectivity index is 2.12.